The van der Waals surface area contributed by atoms with Crippen LogP contribution in [0.1, 0.15) is 29.9 Å². The van der Waals surface area contributed by atoms with Crippen LogP contribution in [0.25, 0.3) is 0 Å². The highest BCUT2D eigenvalue weighted by Crippen LogP contribution is 2.27. The second-order valence-electron chi connectivity index (χ2n) is 4.81. The molecule has 0 spiro atoms. The summed E-state index contributed by atoms with van der Waals surface area (Å²) in [6, 6.07) is 8.36. The highest BCUT2D eigenvalue weighted by atomic mass is 79.9. The maximum Gasteiger partial charge on any atom is 0.131 e. The average molecular weight is 338 g/mol. The standard InChI is InChI=1S/C15H20BrN3O/c1-10(17-3)12-7-5-6-8-14(12)20-9-13-15(16)11(2)18-19(13)4/h5-8,10,17H,9H2,1-4H3. The van der Waals surface area contributed by atoms with Gasteiger partial charge in [-0.25, -0.2) is 0 Å². The average Bonchev–Trinajstić information content (AvgIpc) is 2.70. The van der Waals surface area contributed by atoms with Crippen LogP contribution in [-0.2, 0) is 13.7 Å². The zero-order valence-corrected chi connectivity index (χ0v) is 13.9. The molecule has 2 rings (SSSR count). The number of aromatic nitrogens is 2. The molecule has 0 bridgehead atoms. The van der Waals surface area contributed by atoms with Crippen molar-refractivity contribution >= 4 is 15.9 Å². The Balaban J connectivity index is 2.19. The minimum Gasteiger partial charge on any atom is -0.487 e. The number of hydrogen-bond acceptors (Lipinski definition) is 3. The van der Waals surface area contributed by atoms with Crippen LogP contribution in [0.15, 0.2) is 28.7 Å². The van der Waals surface area contributed by atoms with Crippen LogP contribution in [0.2, 0.25) is 0 Å². The Morgan fingerprint density at radius 1 is 1.40 bits per heavy atom. The first kappa shape index (κ1) is 15.1. The van der Waals surface area contributed by atoms with E-state index in [-0.39, 0.29) is 6.04 Å². The first-order chi connectivity index (χ1) is 9.54. The Hall–Kier alpha value is -1.33. The van der Waals surface area contributed by atoms with Gasteiger partial charge in [-0.05, 0) is 42.9 Å². The van der Waals surface area contributed by atoms with Gasteiger partial charge in [0.2, 0.25) is 0 Å². The number of hydrogen-bond donors (Lipinski definition) is 1. The normalized spacial score (nSPS) is 12.4. The summed E-state index contributed by atoms with van der Waals surface area (Å²) in [5, 5.41) is 7.61. The number of ether oxygens (including phenoxy) is 1. The van der Waals surface area contributed by atoms with Gasteiger partial charge in [0.05, 0.1) is 15.9 Å². The fourth-order valence-corrected chi connectivity index (χ4v) is 2.56. The van der Waals surface area contributed by atoms with Gasteiger partial charge in [0, 0.05) is 18.7 Å². The summed E-state index contributed by atoms with van der Waals surface area (Å²) in [6.45, 7) is 4.59. The molecule has 1 unspecified atom stereocenters. The van der Waals surface area contributed by atoms with Crippen LogP contribution >= 0.6 is 15.9 Å². The maximum absolute atomic E-state index is 5.99. The molecule has 0 fully saturated rings. The summed E-state index contributed by atoms with van der Waals surface area (Å²) in [4.78, 5) is 0. The van der Waals surface area contributed by atoms with E-state index in [0.717, 1.165) is 27.2 Å². The summed E-state index contributed by atoms with van der Waals surface area (Å²) in [5.41, 5.74) is 3.17. The summed E-state index contributed by atoms with van der Waals surface area (Å²) < 4.78 is 8.85. The lowest BCUT2D eigenvalue weighted by molar-refractivity contribution is 0.288. The molecule has 0 radical (unpaired) electrons. The molecule has 0 aliphatic carbocycles. The molecule has 0 amide bonds. The molecule has 1 aromatic heterocycles. The predicted octanol–water partition coefficient (Wildman–Crippen LogP) is 3.35. The lowest BCUT2D eigenvalue weighted by Crippen LogP contribution is -2.14. The molecule has 1 aromatic carbocycles. The van der Waals surface area contributed by atoms with Gasteiger partial charge in [0.1, 0.15) is 12.4 Å². The molecular formula is C15H20BrN3O. The monoisotopic (exact) mass is 337 g/mol. The topological polar surface area (TPSA) is 39.1 Å². The predicted molar refractivity (Wildman–Crippen MR) is 83.9 cm³/mol. The van der Waals surface area contributed by atoms with Crippen LogP contribution in [0.5, 0.6) is 5.75 Å². The van der Waals surface area contributed by atoms with Crippen molar-refractivity contribution in [3.05, 3.63) is 45.7 Å². The number of rotatable bonds is 5. The van der Waals surface area contributed by atoms with Gasteiger partial charge in [0.15, 0.2) is 0 Å². The number of nitrogens with zero attached hydrogens (tertiary/aromatic N) is 2. The summed E-state index contributed by atoms with van der Waals surface area (Å²) in [5.74, 6) is 0.903. The van der Waals surface area contributed by atoms with E-state index in [9.17, 15) is 0 Å². The van der Waals surface area contributed by atoms with E-state index in [2.05, 4.69) is 39.3 Å². The van der Waals surface area contributed by atoms with Gasteiger partial charge in [-0.3, -0.25) is 4.68 Å². The quantitative estimate of drug-likeness (QED) is 0.909. The molecule has 5 heteroatoms. The highest BCUT2D eigenvalue weighted by Gasteiger charge is 2.13. The Labute approximate surface area is 128 Å². The van der Waals surface area contributed by atoms with Gasteiger partial charge < -0.3 is 10.1 Å². The van der Waals surface area contributed by atoms with Gasteiger partial charge in [0.25, 0.3) is 0 Å². The fourth-order valence-electron chi connectivity index (χ4n) is 2.11. The van der Waals surface area contributed by atoms with E-state index in [1.165, 1.54) is 0 Å². The lowest BCUT2D eigenvalue weighted by Gasteiger charge is -2.16. The minimum absolute atomic E-state index is 0.253. The summed E-state index contributed by atoms with van der Waals surface area (Å²) >= 11 is 3.56. The smallest absolute Gasteiger partial charge is 0.131 e. The molecule has 1 atom stereocenters. The number of para-hydroxylation sites is 1. The van der Waals surface area contributed by atoms with Crippen molar-refractivity contribution in [1.82, 2.24) is 15.1 Å². The van der Waals surface area contributed by atoms with Crippen molar-refractivity contribution in [2.45, 2.75) is 26.5 Å². The number of nitrogens with one attached hydrogen (secondary N) is 1. The summed E-state index contributed by atoms with van der Waals surface area (Å²) in [7, 11) is 3.88. The fraction of sp³-hybridized carbons (Fsp3) is 0.400. The Kier molecular flexibility index (Phi) is 4.83. The second kappa shape index (κ2) is 6.41. The molecule has 0 saturated carbocycles. The third-order valence-corrected chi connectivity index (χ3v) is 4.48. The van der Waals surface area contributed by atoms with Crippen molar-refractivity contribution < 1.29 is 4.74 Å². The van der Waals surface area contributed by atoms with Crippen molar-refractivity contribution in [3.8, 4) is 5.75 Å². The van der Waals surface area contributed by atoms with Crippen LogP contribution in [0.4, 0.5) is 0 Å². The Morgan fingerprint density at radius 3 is 2.70 bits per heavy atom. The first-order valence-electron chi connectivity index (χ1n) is 6.61. The third kappa shape index (κ3) is 3.04. The van der Waals surface area contributed by atoms with Crippen LogP contribution in [0.3, 0.4) is 0 Å². The molecule has 0 saturated heterocycles. The van der Waals surface area contributed by atoms with E-state index in [1.54, 1.807) is 0 Å². The molecule has 0 aliphatic heterocycles. The van der Waals surface area contributed by atoms with E-state index < -0.39 is 0 Å². The zero-order chi connectivity index (χ0) is 14.7. The molecule has 108 valence electrons. The van der Waals surface area contributed by atoms with Crippen LogP contribution < -0.4 is 10.1 Å². The number of benzene rings is 1. The van der Waals surface area contributed by atoms with Crippen molar-refractivity contribution in [2.75, 3.05) is 7.05 Å². The van der Waals surface area contributed by atoms with E-state index >= 15 is 0 Å². The first-order valence-corrected chi connectivity index (χ1v) is 7.40. The SMILES string of the molecule is CNC(C)c1ccccc1OCc1c(Br)c(C)nn1C. The lowest BCUT2D eigenvalue weighted by atomic mass is 10.1. The van der Waals surface area contributed by atoms with Crippen LogP contribution in [-0.4, -0.2) is 16.8 Å². The largest absolute Gasteiger partial charge is 0.487 e. The number of halogens is 1. The molecule has 0 aliphatic rings. The van der Waals surface area contributed by atoms with Gasteiger partial charge in [-0.1, -0.05) is 18.2 Å². The molecule has 4 nitrogen and oxygen atoms in total. The van der Waals surface area contributed by atoms with E-state index in [1.807, 2.05) is 43.9 Å². The second-order valence-corrected chi connectivity index (χ2v) is 5.60. The summed E-state index contributed by atoms with van der Waals surface area (Å²) in [6.07, 6.45) is 0. The van der Waals surface area contributed by atoms with E-state index in [0.29, 0.717) is 6.61 Å². The maximum atomic E-state index is 5.99. The van der Waals surface area contributed by atoms with Crippen molar-refractivity contribution in [2.24, 2.45) is 7.05 Å². The van der Waals surface area contributed by atoms with Crippen molar-refractivity contribution in [3.63, 3.8) is 0 Å². The highest BCUT2D eigenvalue weighted by molar-refractivity contribution is 9.10. The molecular weight excluding hydrogens is 318 g/mol. The number of aryl methyl sites for hydroxylation is 2. The van der Waals surface area contributed by atoms with Gasteiger partial charge in [-0.15, -0.1) is 0 Å². The minimum atomic E-state index is 0.253. The zero-order valence-electron chi connectivity index (χ0n) is 12.3. The Morgan fingerprint density at radius 2 is 2.10 bits per heavy atom. The van der Waals surface area contributed by atoms with E-state index in [4.69, 9.17) is 4.74 Å². The van der Waals surface area contributed by atoms with Gasteiger partial charge in [-0.2, -0.15) is 5.10 Å². The molecule has 1 N–H and O–H groups in total. The van der Waals surface area contributed by atoms with Crippen molar-refractivity contribution in [1.29, 1.82) is 0 Å². The molecule has 2 aromatic rings. The van der Waals surface area contributed by atoms with Crippen LogP contribution in [0, 0.1) is 6.92 Å². The molecule has 20 heavy (non-hydrogen) atoms. The Bertz CT molecular complexity index is 595. The van der Waals surface area contributed by atoms with Gasteiger partial charge >= 0.3 is 0 Å². The molecule has 1 heterocycles. The third-order valence-electron chi connectivity index (χ3n) is 3.44.